The largest absolute Gasteiger partial charge is 1.00 e. The minimum Gasteiger partial charge on any atom is -1.00 e. The zero-order valence-electron chi connectivity index (χ0n) is 12.9. The van der Waals surface area contributed by atoms with Crippen LogP contribution in [-0.4, -0.2) is 53.2 Å². The van der Waals surface area contributed by atoms with E-state index in [1.165, 1.54) is 0 Å². The summed E-state index contributed by atoms with van der Waals surface area (Å²) in [6.07, 6.45) is -29.2. The van der Waals surface area contributed by atoms with Crippen LogP contribution in [0, 0.1) is 0 Å². The van der Waals surface area contributed by atoms with Gasteiger partial charge in [0.25, 0.3) is 0 Å². The van der Waals surface area contributed by atoms with Gasteiger partial charge in [-0.15, -0.1) is 0 Å². The molecule has 1 saturated heterocycles. The van der Waals surface area contributed by atoms with Crippen LogP contribution in [0.3, 0.4) is 0 Å². The first-order chi connectivity index (χ1) is 10.9. The molecule has 0 spiro atoms. The Bertz CT molecular complexity index is 571. The molecule has 1 N–H and O–H groups in total. The minimum atomic E-state index is -7.65. The van der Waals surface area contributed by atoms with Gasteiger partial charge in [-0.25, -0.2) is 0 Å². The number of halogens is 15. The van der Waals surface area contributed by atoms with E-state index in [0.29, 0.717) is 0 Å². The molecular formula is C8H2F15NaO3. The molecule has 0 radical (unpaired) electrons. The van der Waals surface area contributed by atoms with E-state index in [9.17, 15) is 65.9 Å². The summed E-state index contributed by atoms with van der Waals surface area (Å²) in [6.45, 7) is 0. The van der Waals surface area contributed by atoms with Gasteiger partial charge in [-0.3, -0.25) is 9.47 Å². The molecule has 158 valence electrons. The van der Waals surface area contributed by atoms with Crippen LogP contribution >= 0.6 is 0 Å². The van der Waals surface area contributed by atoms with Crippen molar-refractivity contribution in [2.45, 2.75) is 48.1 Å². The summed E-state index contributed by atoms with van der Waals surface area (Å²) in [6, 6.07) is 0. The third kappa shape index (κ3) is 3.38. The Kier molecular flexibility index (Phi) is 6.37. The first-order valence-electron chi connectivity index (χ1n) is 5.37. The van der Waals surface area contributed by atoms with Gasteiger partial charge >= 0.3 is 77.6 Å². The molecule has 0 aromatic carbocycles. The van der Waals surface area contributed by atoms with Crippen molar-refractivity contribution in [3.05, 3.63) is 0 Å². The smallest absolute Gasteiger partial charge is 1.00 e. The molecule has 0 aliphatic carbocycles. The summed E-state index contributed by atoms with van der Waals surface area (Å²) in [5.74, 6) is -29.7. The number of hydrogen-bond donors (Lipinski definition) is 1. The van der Waals surface area contributed by atoms with E-state index in [0.717, 1.165) is 0 Å². The number of aliphatic hydroxyl groups is 1. The first kappa shape index (κ1) is 26.8. The molecule has 0 amide bonds. The Morgan fingerprint density at radius 1 is 0.630 bits per heavy atom. The second-order valence-corrected chi connectivity index (χ2v) is 4.62. The fourth-order valence-electron chi connectivity index (χ4n) is 1.58. The Labute approximate surface area is 160 Å². The van der Waals surface area contributed by atoms with Crippen LogP contribution in [-0.2, 0) is 9.47 Å². The zero-order chi connectivity index (χ0) is 21.4. The molecule has 0 aromatic rings. The third-order valence-electron chi connectivity index (χ3n) is 2.86. The molecule has 19 heteroatoms. The van der Waals surface area contributed by atoms with Gasteiger partial charge in [-0.2, -0.15) is 65.9 Å². The summed E-state index contributed by atoms with van der Waals surface area (Å²) in [4.78, 5) is 0. The van der Waals surface area contributed by atoms with Gasteiger partial charge in [0.2, 0.25) is 0 Å². The van der Waals surface area contributed by atoms with Crippen LogP contribution < -0.4 is 29.6 Å². The van der Waals surface area contributed by atoms with Crippen LogP contribution in [0.5, 0.6) is 0 Å². The fourth-order valence-corrected chi connectivity index (χ4v) is 1.58. The second-order valence-electron chi connectivity index (χ2n) is 4.62. The molecular weight excluding hydrogens is 452 g/mol. The Balaban J connectivity index is 0. The predicted molar refractivity (Wildman–Crippen MR) is 44.0 cm³/mol. The average Bonchev–Trinajstić information content (AvgIpc) is 2.56. The summed E-state index contributed by atoms with van der Waals surface area (Å²) >= 11 is 0. The van der Waals surface area contributed by atoms with Crippen molar-refractivity contribution in [3.8, 4) is 0 Å². The van der Waals surface area contributed by atoms with Gasteiger partial charge in [-0.05, 0) is 0 Å². The molecule has 1 aliphatic rings. The molecule has 27 heavy (non-hydrogen) atoms. The molecule has 1 aliphatic heterocycles. The first-order valence-corrected chi connectivity index (χ1v) is 5.37. The van der Waals surface area contributed by atoms with Crippen molar-refractivity contribution in [1.82, 2.24) is 0 Å². The summed E-state index contributed by atoms with van der Waals surface area (Å²) in [5.41, 5.74) is 0. The Morgan fingerprint density at radius 2 is 0.963 bits per heavy atom. The van der Waals surface area contributed by atoms with Gasteiger partial charge in [0.1, 0.15) is 0 Å². The van der Waals surface area contributed by atoms with Gasteiger partial charge in [0, 0.05) is 0 Å². The molecule has 2 unspecified atom stereocenters. The molecule has 0 aromatic heterocycles. The van der Waals surface area contributed by atoms with Crippen molar-refractivity contribution in [3.63, 3.8) is 0 Å². The standard InChI is InChI=1S/C8HF15O3.Na.H/c9-1(10,5(14,15)16)3(13)8(22,23)26-4(25-3,7(20,21)24)2(11,12)6(17,18)19;;/h24H;;/q;+1;-1. The summed E-state index contributed by atoms with van der Waals surface area (Å²) in [5, 5.41) is 8.01. The summed E-state index contributed by atoms with van der Waals surface area (Å²) in [7, 11) is 0. The maximum absolute atomic E-state index is 13.6. The fraction of sp³-hybridized carbons (Fsp3) is 1.00. The van der Waals surface area contributed by atoms with E-state index >= 15 is 0 Å². The van der Waals surface area contributed by atoms with E-state index in [1.807, 2.05) is 9.47 Å². The van der Waals surface area contributed by atoms with Crippen LogP contribution in [0.1, 0.15) is 1.43 Å². The third-order valence-corrected chi connectivity index (χ3v) is 2.86. The van der Waals surface area contributed by atoms with E-state index in [1.54, 1.807) is 0 Å². The van der Waals surface area contributed by atoms with Crippen molar-refractivity contribution in [1.29, 1.82) is 0 Å². The normalized spacial score (nSPS) is 30.2. The topological polar surface area (TPSA) is 38.7 Å². The summed E-state index contributed by atoms with van der Waals surface area (Å²) < 4.78 is 194. The number of alkyl halides is 15. The van der Waals surface area contributed by atoms with Crippen LogP contribution in [0.15, 0.2) is 0 Å². The van der Waals surface area contributed by atoms with E-state index < -0.39 is 48.1 Å². The number of hydrogen-bond acceptors (Lipinski definition) is 3. The number of ether oxygens (including phenoxy) is 2. The molecule has 1 fully saturated rings. The average molecular weight is 454 g/mol. The molecule has 0 bridgehead atoms. The van der Waals surface area contributed by atoms with Crippen molar-refractivity contribution >= 4 is 0 Å². The van der Waals surface area contributed by atoms with E-state index in [2.05, 4.69) is 0 Å². The molecule has 2 atom stereocenters. The Hall–Kier alpha value is -0.170. The van der Waals surface area contributed by atoms with Crippen LogP contribution in [0.25, 0.3) is 0 Å². The zero-order valence-corrected chi connectivity index (χ0v) is 13.9. The van der Waals surface area contributed by atoms with Crippen LogP contribution in [0.4, 0.5) is 65.9 Å². The van der Waals surface area contributed by atoms with Gasteiger partial charge in [-0.1, -0.05) is 0 Å². The van der Waals surface area contributed by atoms with E-state index in [4.69, 9.17) is 5.11 Å². The van der Waals surface area contributed by atoms with Crippen LogP contribution in [0.2, 0.25) is 0 Å². The van der Waals surface area contributed by atoms with Crippen molar-refractivity contribution < 1.29 is 111 Å². The number of rotatable bonds is 3. The maximum Gasteiger partial charge on any atom is 1.00 e. The quantitative estimate of drug-likeness (QED) is 0.513. The predicted octanol–water partition coefficient (Wildman–Crippen LogP) is 1.08. The minimum absolute atomic E-state index is 0. The van der Waals surface area contributed by atoms with Gasteiger partial charge in [0.15, 0.2) is 0 Å². The molecule has 1 heterocycles. The monoisotopic (exact) mass is 454 g/mol. The molecule has 1 rings (SSSR count). The maximum atomic E-state index is 13.6. The van der Waals surface area contributed by atoms with Gasteiger partial charge in [0.05, 0.1) is 0 Å². The van der Waals surface area contributed by atoms with Crippen molar-refractivity contribution in [2.24, 2.45) is 0 Å². The van der Waals surface area contributed by atoms with Gasteiger partial charge < -0.3 is 6.53 Å². The van der Waals surface area contributed by atoms with Crippen molar-refractivity contribution in [2.75, 3.05) is 0 Å². The second kappa shape index (κ2) is 6.41. The molecule has 0 saturated carbocycles. The van der Waals surface area contributed by atoms with E-state index in [-0.39, 0.29) is 31.0 Å². The Morgan fingerprint density at radius 3 is 1.22 bits per heavy atom. The SMILES string of the molecule is OC(F)(F)C1(C(F)(F)C(F)(F)F)OC(F)(F)C(F)(C(F)(F)C(F)(F)F)O1.[H-].[Na+]. The molecule has 3 nitrogen and oxygen atoms in total.